The minimum atomic E-state index is -0.121. The fraction of sp³-hybridized carbons (Fsp3) is 0.517. The first-order valence-corrected chi connectivity index (χ1v) is 13.1. The number of fused-ring (bicyclic) bond motifs is 1. The third-order valence-electron chi connectivity index (χ3n) is 7.94. The Hall–Kier alpha value is -2.86. The van der Waals surface area contributed by atoms with E-state index in [0.29, 0.717) is 5.75 Å². The van der Waals surface area contributed by atoms with Crippen molar-refractivity contribution < 1.29 is 14.3 Å². The van der Waals surface area contributed by atoms with Gasteiger partial charge >= 0.3 is 0 Å². The van der Waals surface area contributed by atoms with E-state index in [1.54, 1.807) is 0 Å². The molecule has 2 heterocycles. The van der Waals surface area contributed by atoms with Gasteiger partial charge in [-0.2, -0.15) is 0 Å². The highest BCUT2D eigenvalue weighted by Gasteiger charge is 2.36. The van der Waals surface area contributed by atoms with Crippen molar-refractivity contribution in [2.24, 2.45) is 5.92 Å². The second-order valence-corrected chi connectivity index (χ2v) is 10.4. The number of hydrogen-bond acceptors (Lipinski definition) is 4. The standard InChI is InChI=1S/C29H37N3O3/c1-21-7-9-23(10-8-21)28-26-19-25(35-20-27(33)31-17-15-30(2)16-18-31)12-11-22(26)13-14-32(28)29(34)24-5-3-4-6-24/h7-12,19,24,28H,3-6,13-18,20H2,1-2H3. The molecular formula is C29H37N3O3. The first-order valence-electron chi connectivity index (χ1n) is 13.1. The Morgan fingerprint density at radius 3 is 2.37 bits per heavy atom. The molecular weight excluding hydrogens is 438 g/mol. The van der Waals surface area contributed by atoms with Crippen LogP contribution in [0.1, 0.15) is 54.0 Å². The molecule has 2 fully saturated rings. The van der Waals surface area contributed by atoms with Crippen LogP contribution in [0.4, 0.5) is 0 Å². The van der Waals surface area contributed by atoms with Gasteiger partial charge in [-0.3, -0.25) is 9.59 Å². The third kappa shape index (κ3) is 5.22. The van der Waals surface area contributed by atoms with E-state index in [-0.39, 0.29) is 30.4 Å². The zero-order valence-corrected chi connectivity index (χ0v) is 21.0. The molecule has 2 aromatic rings. The van der Waals surface area contributed by atoms with Gasteiger partial charge in [-0.15, -0.1) is 0 Å². The van der Waals surface area contributed by atoms with Crippen LogP contribution in [0.15, 0.2) is 42.5 Å². The van der Waals surface area contributed by atoms with Gasteiger partial charge in [0.15, 0.2) is 6.61 Å². The highest BCUT2D eigenvalue weighted by atomic mass is 16.5. The number of hydrogen-bond donors (Lipinski definition) is 0. The summed E-state index contributed by atoms with van der Waals surface area (Å²) in [6.45, 7) is 6.16. The van der Waals surface area contributed by atoms with Crippen LogP contribution in [0.2, 0.25) is 0 Å². The number of likely N-dealkylation sites (N-methyl/N-ethyl adjacent to an activating group) is 1. The highest BCUT2D eigenvalue weighted by Crippen LogP contribution is 2.39. The molecule has 6 nitrogen and oxygen atoms in total. The zero-order chi connectivity index (χ0) is 24.4. The molecule has 1 unspecified atom stereocenters. The largest absolute Gasteiger partial charge is 0.484 e. The molecule has 1 saturated heterocycles. The molecule has 0 bridgehead atoms. The minimum absolute atomic E-state index is 0.0314. The molecule has 0 radical (unpaired) electrons. The van der Waals surface area contributed by atoms with Crippen LogP contribution < -0.4 is 4.74 Å². The van der Waals surface area contributed by atoms with E-state index in [4.69, 9.17) is 4.74 Å². The first kappa shape index (κ1) is 23.9. The Bertz CT molecular complexity index is 1050. The van der Waals surface area contributed by atoms with E-state index in [1.165, 1.54) is 11.1 Å². The topological polar surface area (TPSA) is 53.1 Å². The molecule has 2 aliphatic heterocycles. The Morgan fingerprint density at radius 1 is 0.943 bits per heavy atom. The summed E-state index contributed by atoms with van der Waals surface area (Å²) in [5, 5.41) is 0. The Morgan fingerprint density at radius 2 is 1.66 bits per heavy atom. The maximum atomic E-state index is 13.6. The lowest BCUT2D eigenvalue weighted by Crippen LogP contribution is -2.48. The second kappa shape index (κ2) is 10.4. The van der Waals surface area contributed by atoms with Crippen LogP contribution >= 0.6 is 0 Å². The molecule has 186 valence electrons. The number of aryl methyl sites for hydroxylation is 1. The van der Waals surface area contributed by atoms with E-state index in [1.807, 2.05) is 11.0 Å². The Labute approximate surface area is 208 Å². The molecule has 35 heavy (non-hydrogen) atoms. The van der Waals surface area contributed by atoms with Crippen molar-refractivity contribution >= 4 is 11.8 Å². The van der Waals surface area contributed by atoms with Gasteiger partial charge in [0, 0.05) is 38.6 Å². The Balaban J connectivity index is 1.38. The first-order chi connectivity index (χ1) is 17.0. The molecule has 0 N–H and O–H groups in total. The van der Waals surface area contributed by atoms with Crippen molar-refractivity contribution in [2.45, 2.75) is 45.1 Å². The summed E-state index contributed by atoms with van der Waals surface area (Å²) < 4.78 is 6.00. The van der Waals surface area contributed by atoms with Gasteiger partial charge in [0.05, 0.1) is 6.04 Å². The van der Waals surface area contributed by atoms with Crippen molar-refractivity contribution in [1.29, 1.82) is 0 Å². The van der Waals surface area contributed by atoms with Gasteiger partial charge in [-0.25, -0.2) is 0 Å². The van der Waals surface area contributed by atoms with Gasteiger partial charge < -0.3 is 19.4 Å². The number of carbonyl (C=O) groups is 2. The lowest BCUT2D eigenvalue weighted by atomic mass is 9.86. The molecule has 1 aliphatic carbocycles. The molecule has 5 rings (SSSR count). The van der Waals surface area contributed by atoms with Crippen LogP contribution in [0.5, 0.6) is 5.75 Å². The van der Waals surface area contributed by atoms with E-state index in [9.17, 15) is 9.59 Å². The average Bonchev–Trinajstić information content (AvgIpc) is 3.42. The lowest BCUT2D eigenvalue weighted by Gasteiger charge is -2.39. The fourth-order valence-electron chi connectivity index (χ4n) is 5.73. The number of amides is 2. The van der Waals surface area contributed by atoms with Crippen molar-refractivity contribution in [3.05, 3.63) is 64.7 Å². The van der Waals surface area contributed by atoms with Gasteiger partial charge in [0.1, 0.15) is 5.75 Å². The van der Waals surface area contributed by atoms with Crippen molar-refractivity contribution in [1.82, 2.24) is 14.7 Å². The number of rotatable bonds is 5. The van der Waals surface area contributed by atoms with Gasteiger partial charge in [-0.1, -0.05) is 48.7 Å². The molecule has 2 aromatic carbocycles. The van der Waals surface area contributed by atoms with E-state index < -0.39 is 0 Å². The van der Waals surface area contributed by atoms with Crippen molar-refractivity contribution in [3.63, 3.8) is 0 Å². The molecule has 0 aromatic heterocycles. The predicted octanol–water partition coefficient (Wildman–Crippen LogP) is 3.81. The Kier molecular flexibility index (Phi) is 7.09. The number of piperazine rings is 1. The van der Waals surface area contributed by atoms with Gasteiger partial charge in [0.25, 0.3) is 5.91 Å². The number of carbonyl (C=O) groups excluding carboxylic acids is 2. The summed E-state index contributed by atoms with van der Waals surface area (Å²) in [5.74, 6) is 1.16. The number of ether oxygens (including phenoxy) is 1. The number of benzene rings is 2. The SMILES string of the molecule is Cc1ccc(C2c3cc(OCC(=O)N4CCN(C)CC4)ccc3CCN2C(=O)C2CCCC2)cc1. The predicted molar refractivity (Wildman–Crippen MR) is 136 cm³/mol. The smallest absolute Gasteiger partial charge is 0.260 e. The normalized spacial score (nSPS) is 21.1. The summed E-state index contributed by atoms with van der Waals surface area (Å²) >= 11 is 0. The van der Waals surface area contributed by atoms with Crippen molar-refractivity contribution in [2.75, 3.05) is 46.4 Å². The quantitative estimate of drug-likeness (QED) is 0.660. The minimum Gasteiger partial charge on any atom is -0.484 e. The lowest BCUT2D eigenvalue weighted by molar-refractivity contribution is -0.137. The average molecular weight is 476 g/mol. The van der Waals surface area contributed by atoms with Gasteiger partial charge in [0.2, 0.25) is 5.91 Å². The van der Waals surface area contributed by atoms with E-state index in [2.05, 4.69) is 60.2 Å². The molecule has 6 heteroatoms. The van der Waals surface area contributed by atoms with E-state index >= 15 is 0 Å². The monoisotopic (exact) mass is 475 g/mol. The molecule has 2 amide bonds. The van der Waals surface area contributed by atoms with Crippen LogP contribution in [0.3, 0.4) is 0 Å². The molecule has 3 aliphatic rings. The third-order valence-corrected chi connectivity index (χ3v) is 7.94. The van der Waals surface area contributed by atoms with Crippen LogP contribution in [-0.2, 0) is 16.0 Å². The molecule has 1 saturated carbocycles. The van der Waals surface area contributed by atoms with Crippen molar-refractivity contribution in [3.8, 4) is 5.75 Å². The van der Waals surface area contributed by atoms with Crippen LogP contribution in [0, 0.1) is 12.8 Å². The molecule has 0 spiro atoms. The van der Waals surface area contributed by atoms with Gasteiger partial charge in [-0.05, 0) is 62.1 Å². The molecule has 1 atom stereocenters. The summed E-state index contributed by atoms with van der Waals surface area (Å²) in [7, 11) is 2.08. The number of nitrogens with zero attached hydrogens (tertiary/aromatic N) is 3. The van der Waals surface area contributed by atoms with Crippen LogP contribution in [-0.4, -0.2) is 72.9 Å². The summed E-state index contributed by atoms with van der Waals surface area (Å²) in [5.41, 5.74) is 4.71. The highest BCUT2D eigenvalue weighted by molar-refractivity contribution is 5.81. The summed E-state index contributed by atoms with van der Waals surface area (Å²) in [6, 6.07) is 14.6. The summed E-state index contributed by atoms with van der Waals surface area (Å²) in [6.07, 6.45) is 5.14. The van der Waals surface area contributed by atoms with Crippen LogP contribution in [0.25, 0.3) is 0 Å². The maximum absolute atomic E-state index is 13.6. The zero-order valence-electron chi connectivity index (χ0n) is 21.0. The van der Waals surface area contributed by atoms with E-state index in [0.717, 1.165) is 76.0 Å². The fourth-order valence-corrected chi connectivity index (χ4v) is 5.73. The maximum Gasteiger partial charge on any atom is 0.260 e. The second-order valence-electron chi connectivity index (χ2n) is 10.4. The summed E-state index contributed by atoms with van der Waals surface area (Å²) in [4.78, 5) is 32.5.